The third-order valence-corrected chi connectivity index (χ3v) is 6.21. The number of hydrogen-bond acceptors (Lipinski definition) is 6. The molecule has 2 aromatic carbocycles. The highest BCUT2D eigenvalue weighted by molar-refractivity contribution is 6.30. The molecule has 8 heteroatoms. The van der Waals surface area contributed by atoms with E-state index in [1.54, 1.807) is 32.4 Å². The molecule has 1 fully saturated rings. The summed E-state index contributed by atoms with van der Waals surface area (Å²) in [6.07, 6.45) is 3.48. The molecule has 7 nitrogen and oxygen atoms in total. The van der Waals surface area contributed by atoms with Crippen LogP contribution in [-0.2, 0) is 0 Å². The molecule has 0 radical (unpaired) electrons. The molecule has 1 aromatic heterocycles. The minimum Gasteiger partial charge on any atom is -0.497 e. The van der Waals surface area contributed by atoms with Crippen LogP contribution < -0.4 is 14.8 Å². The van der Waals surface area contributed by atoms with Crippen molar-refractivity contribution in [2.75, 3.05) is 33.9 Å². The van der Waals surface area contributed by atoms with Gasteiger partial charge in [-0.25, -0.2) is 0 Å². The Morgan fingerprint density at radius 3 is 2.55 bits per heavy atom. The molecule has 0 saturated carbocycles. The Hall–Kier alpha value is -3.03. The van der Waals surface area contributed by atoms with Crippen LogP contribution in [0.25, 0.3) is 11.3 Å². The van der Waals surface area contributed by atoms with E-state index >= 15 is 0 Å². The first kappa shape index (κ1) is 23.1. The lowest BCUT2D eigenvalue weighted by Crippen LogP contribution is -2.40. The summed E-state index contributed by atoms with van der Waals surface area (Å²) in [5.41, 5.74) is 2.02. The summed E-state index contributed by atoms with van der Waals surface area (Å²) in [6, 6.07) is 14.5. The zero-order chi connectivity index (χ0) is 23.2. The molecule has 1 saturated heterocycles. The number of nitrogens with zero attached hydrogens (tertiary/aromatic N) is 2. The van der Waals surface area contributed by atoms with Crippen molar-refractivity contribution in [3.8, 4) is 22.8 Å². The molecular weight excluding hydrogens is 442 g/mol. The number of halogens is 1. The Morgan fingerprint density at radius 1 is 1.09 bits per heavy atom. The number of ether oxygens (including phenoxy) is 2. The van der Waals surface area contributed by atoms with Crippen LogP contribution >= 0.6 is 11.6 Å². The van der Waals surface area contributed by atoms with Crippen LogP contribution in [0.3, 0.4) is 0 Å². The summed E-state index contributed by atoms with van der Waals surface area (Å²) in [6.45, 7) is 2.34. The molecule has 1 N–H and O–H groups in total. The van der Waals surface area contributed by atoms with Gasteiger partial charge in [-0.1, -0.05) is 23.2 Å². The first-order chi connectivity index (χ1) is 16.1. The molecule has 1 atom stereocenters. The Labute approximate surface area is 198 Å². The highest BCUT2D eigenvalue weighted by atomic mass is 35.5. The lowest BCUT2D eigenvalue weighted by Gasteiger charge is -2.35. The highest BCUT2D eigenvalue weighted by Gasteiger charge is 2.27. The molecule has 33 heavy (non-hydrogen) atoms. The van der Waals surface area contributed by atoms with Gasteiger partial charge in [0.15, 0.2) is 11.5 Å². The molecule has 2 heterocycles. The molecule has 0 spiro atoms. The molecule has 1 aliphatic rings. The van der Waals surface area contributed by atoms with Gasteiger partial charge in [0.25, 0.3) is 5.91 Å². The average molecular weight is 470 g/mol. The zero-order valence-electron chi connectivity index (χ0n) is 18.8. The van der Waals surface area contributed by atoms with Gasteiger partial charge in [0.05, 0.1) is 20.3 Å². The van der Waals surface area contributed by atoms with Gasteiger partial charge in [0, 0.05) is 28.8 Å². The maximum absolute atomic E-state index is 12.9. The second-order valence-electron chi connectivity index (χ2n) is 8.01. The first-order valence-corrected chi connectivity index (χ1v) is 11.4. The third kappa shape index (κ3) is 5.49. The number of methoxy groups -OCH3 is 2. The average Bonchev–Trinajstić information content (AvgIpc) is 3.35. The second-order valence-corrected chi connectivity index (χ2v) is 8.45. The van der Waals surface area contributed by atoms with E-state index in [0.29, 0.717) is 17.3 Å². The molecule has 0 aliphatic carbocycles. The van der Waals surface area contributed by atoms with Crippen molar-refractivity contribution < 1.29 is 18.8 Å². The van der Waals surface area contributed by atoms with E-state index in [0.717, 1.165) is 48.6 Å². The molecule has 1 aliphatic heterocycles. The summed E-state index contributed by atoms with van der Waals surface area (Å²) in [5.74, 6) is 1.75. The van der Waals surface area contributed by atoms with Crippen LogP contribution in [0.4, 0.5) is 0 Å². The first-order valence-electron chi connectivity index (χ1n) is 11.1. The van der Waals surface area contributed by atoms with Gasteiger partial charge in [-0.15, -0.1) is 0 Å². The Bertz CT molecular complexity index is 1080. The van der Waals surface area contributed by atoms with Crippen molar-refractivity contribution in [1.82, 2.24) is 15.4 Å². The van der Waals surface area contributed by atoms with Crippen molar-refractivity contribution in [3.63, 3.8) is 0 Å². The SMILES string of the molecule is COc1ccc(OC)c([C@@H](CNC(=O)c2cc(-c3ccc(Cl)cc3)on2)N2CCCCC2)c1. The zero-order valence-corrected chi connectivity index (χ0v) is 19.6. The van der Waals surface area contributed by atoms with Gasteiger partial charge in [0.1, 0.15) is 11.5 Å². The van der Waals surface area contributed by atoms with Crippen LogP contribution in [-0.4, -0.2) is 49.8 Å². The lowest BCUT2D eigenvalue weighted by molar-refractivity contribution is 0.0914. The van der Waals surface area contributed by atoms with Gasteiger partial charge in [-0.05, 0) is 68.4 Å². The van der Waals surface area contributed by atoms with E-state index in [-0.39, 0.29) is 17.6 Å². The van der Waals surface area contributed by atoms with Crippen molar-refractivity contribution in [2.45, 2.75) is 25.3 Å². The maximum Gasteiger partial charge on any atom is 0.273 e. The van der Waals surface area contributed by atoms with Gasteiger partial charge < -0.3 is 19.3 Å². The van der Waals surface area contributed by atoms with Crippen molar-refractivity contribution in [1.29, 1.82) is 0 Å². The van der Waals surface area contributed by atoms with Gasteiger partial charge in [-0.2, -0.15) is 0 Å². The van der Waals surface area contributed by atoms with Crippen LogP contribution in [0, 0.1) is 0 Å². The lowest BCUT2D eigenvalue weighted by atomic mass is 10.00. The van der Waals surface area contributed by atoms with Crippen LogP contribution in [0.2, 0.25) is 5.02 Å². The van der Waals surface area contributed by atoms with E-state index in [9.17, 15) is 4.79 Å². The Kier molecular flexibility index (Phi) is 7.52. The number of rotatable bonds is 8. The number of amides is 1. The topological polar surface area (TPSA) is 76.8 Å². The van der Waals surface area contributed by atoms with E-state index < -0.39 is 0 Å². The van der Waals surface area contributed by atoms with Gasteiger partial charge in [0.2, 0.25) is 0 Å². The number of carbonyl (C=O) groups excluding carboxylic acids is 1. The predicted molar refractivity (Wildman–Crippen MR) is 127 cm³/mol. The fourth-order valence-electron chi connectivity index (χ4n) is 4.18. The number of benzene rings is 2. The number of carbonyl (C=O) groups is 1. The maximum atomic E-state index is 12.9. The number of nitrogens with one attached hydrogen (secondary N) is 1. The largest absolute Gasteiger partial charge is 0.497 e. The Balaban J connectivity index is 1.53. The molecule has 174 valence electrons. The van der Waals surface area contributed by atoms with E-state index in [2.05, 4.69) is 15.4 Å². The number of hydrogen-bond donors (Lipinski definition) is 1. The number of likely N-dealkylation sites (tertiary alicyclic amines) is 1. The van der Waals surface area contributed by atoms with Crippen LogP contribution in [0.15, 0.2) is 53.1 Å². The summed E-state index contributed by atoms with van der Waals surface area (Å²) in [4.78, 5) is 15.3. The van der Waals surface area contributed by atoms with Crippen LogP contribution in [0.5, 0.6) is 11.5 Å². The third-order valence-electron chi connectivity index (χ3n) is 5.95. The summed E-state index contributed by atoms with van der Waals surface area (Å²) >= 11 is 5.95. The van der Waals surface area contributed by atoms with Crippen molar-refractivity contribution in [3.05, 3.63) is 64.8 Å². The van der Waals surface area contributed by atoms with Crippen LogP contribution in [0.1, 0.15) is 41.4 Å². The van der Waals surface area contributed by atoms with E-state index in [4.69, 9.17) is 25.6 Å². The quantitative estimate of drug-likeness (QED) is 0.502. The minimum atomic E-state index is -0.289. The van der Waals surface area contributed by atoms with Gasteiger partial charge in [-0.3, -0.25) is 9.69 Å². The fraction of sp³-hybridized carbons (Fsp3) is 0.360. The summed E-state index contributed by atoms with van der Waals surface area (Å²) in [5, 5.41) is 7.63. The Morgan fingerprint density at radius 2 is 1.85 bits per heavy atom. The molecular formula is C25H28ClN3O4. The smallest absolute Gasteiger partial charge is 0.273 e. The van der Waals surface area contributed by atoms with Crippen molar-refractivity contribution in [2.24, 2.45) is 0 Å². The standard InChI is InChI=1S/C25H28ClN3O4/c1-31-19-10-11-23(32-2)20(14-19)22(29-12-4-3-5-13-29)16-27-25(30)21-15-24(33-28-21)17-6-8-18(26)9-7-17/h6-11,14-15,22H,3-5,12-13,16H2,1-2H3,(H,27,30)/t22-/m1/s1. The van der Waals surface area contributed by atoms with Crippen molar-refractivity contribution >= 4 is 17.5 Å². The predicted octanol–water partition coefficient (Wildman–Crippen LogP) is 4.97. The molecule has 1 amide bonds. The monoisotopic (exact) mass is 469 g/mol. The number of piperidine rings is 1. The molecule has 3 aromatic rings. The fourth-order valence-corrected chi connectivity index (χ4v) is 4.30. The molecule has 0 bridgehead atoms. The summed E-state index contributed by atoms with van der Waals surface area (Å²) in [7, 11) is 3.30. The summed E-state index contributed by atoms with van der Waals surface area (Å²) < 4.78 is 16.5. The molecule has 4 rings (SSSR count). The normalized spacial score (nSPS) is 15.1. The van der Waals surface area contributed by atoms with E-state index in [1.165, 1.54) is 6.42 Å². The van der Waals surface area contributed by atoms with E-state index in [1.807, 2.05) is 30.3 Å². The minimum absolute atomic E-state index is 0.0538. The highest BCUT2D eigenvalue weighted by Crippen LogP contribution is 2.34. The second kappa shape index (κ2) is 10.7. The molecule has 0 unspecified atom stereocenters. The van der Waals surface area contributed by atoms with Gasteiger partial charge >= 0.3 is 0 Å². The number of aromatic nitrogens is 1.